The Bertz CT molecular complexity index is 504. The quantitative estimate of drug-likeness (QED) is 0.257. The van der Waals surface area contributed by atoms with E-state index in [2.05, 4.69) is 36.5 Å². The van der Waals surface area contributed by atoms with Gasteiger partial charge in [0.25, 0.3) is 0 Å². The van der Waals surface area contributed by atoms with Gasteiger partial charge in [-0.2, -0.15) is 0 Å². The molecule has 0 bridgehead atoms. The number of carbonyl (C=O) groups excluding carboxylic acids is 1. The Morgan fingerprint density at radius 3 is 2.12 bits per heavy atom. The average molecular weight is 356 g/mol. The van der Waals surface area contributed by atoms with Gasteiger partial charge in [0.05, 0.1) is 0 Å². The van der Waals surface area contributed by atoms with Crippen molar-refractivity contribution in [2.75, 3.05) is 5.32 Å². The Kier molecular flexibility index (Phi) is 14.2. The summed E-state index contributed by atoms with van der Waals surface area (Å²) in [4.78, 5) is 11.8. The first-order chi connectivity index (χ1) is 12.8. The molecule has 0 unspecified atom stereocenters. The van der Waals surface area contributed by atoms with Crippen molar-refractivity contribution in [2.24, 2.45) is 0 Å². The molecule has 1 rings (SSSR count). The van der Waals surface area contributed by atoms with Crippen LogP contribution < -0.4 is 5.32 Å². The molecule has 26 heavy (non-hydrogen) atoms. The first kappa shape index (κ1) is 22.2. The maximum absolute atomic E-state index is 11.8. The molecule has 0 saturated carbocycles. The molecule has 0 fully saturated rings. The lowest BCUT2D eigenvalue weighted by molar-refractivity contribution is -0.116. The molecule has 0 spiro atoms. The van der Waals surface area contributed by atoms with Crippen LogP contribution in [0.1, 0.15) is 84.0 Å². The van der Waals surface area contributed by atoms with E-state index < -0.39 is 0 Å². The molecule has 0 atom stereocenters. The number of benzene rings is 1. The molecule has 0 aliphatic heterocycles. The smallest absolute Gasteiger partial charge is 0.224 e. The van der Waals surface area contributed by atoms with E-state index in [4.69, 9.17) is 0 Å². The van der Waals surface area contributed by atoms with Crippen LogP contribution in [0.15, 0.2) is 54.6 Å². The number of hydrogen-bond acceptors (Lipinski definition) is 1. The topological polar surface area (TPSA) is 29.1 Å². The fourth-order valence-corrected chi connectivity index (χ4v) is 2.84. The minimum atomic E-state index is 0.127. The van der Waals surface area contributed by atoms with Crippen molar-refractivity contribution in [1.29, 1.82) is 0 Å². The van der Waals surface area contributed by atoms with Crippen molar-refractivity contribution in [3.63, 3.8) is 0 Å². The highest BCUT2D eigenvalue weighted by Crippen LogP contribution is 2.10. The number of unbranched alkanes of at least 4 members (excludes halogenated alkanes) is 8. The lowest BCUT2D eigenvalue weighted by Crippen LogP contribution is -2.10. The zero-order chi connectivity index (χ0) is 18.7. The molecule has 0 heterocycles. The standard InChI is InChI=1S/C24H37NO/c1-2-3-4-5-6-7-8-9-10-11-12-13-14-15-19-22-24(26)25-23-20-17-16-18-21-23/h6-7,9-10,16-18,20-21H,2-5,8,11-15,19,22H2,1H3,(H,25,26)/b7-6+,10-9-. The highest BCUT2D eigenvalue weighted by atomic mass is 16.1. The Morgan fingerprint density at radius 1 is 0.808 bits per heavy atom. The van der Waals surface area contributed by atoms with E-state index in [1.165, 1.54) is 51.4 Å². The van der Waals surface area contributed by atoms with E-state index in [0.717, 1.165) is 24.9 Å². The number of para-hydroxylation sites is 1. The third-order valence-electron chi connectivity index (χ3n) is 4.41. The van der Waals surface area contributed by atoms with Crippen molar-refractivity contribution < 1.29 is 4.79 Å². The molecule has 0 aliphatic carbocycles. The predicted octanol–water partition coefficient (Wildman–Crippen LogP) is 7.44. The van der Waals surface area contributed by atoms with E-state index in [-0.39, 0.29) is 5.91 Å². The summed E-state index contributed by atoms with van der Waals surface area (Å²) in [5, 5.41) is 2.94. The van der Waals surface area contributed by atoms with Crippen LogP contribution in [0.2, 0.25) is 0 Å². The maximum Gasteiger partial charge on any atom is 0.224 e. The number of rotatable bonds is 15. The third kappa shape index (κ3) is 13.5. The largest absolute Gasteiger partial charge is 0.326 e. The van der Waals surface area contributed by atoms with Crippen molar-refractivity contribution in [2.45, 2.75) is 84.0 Å². The van der Waals surface area contributed by atoms with Crippen LogP contribution in [0.4, 0.5) is 5.69 Å². The maximum atomic E-state index is 11.8. The molecular weight excluding hydrogens is 318 g/mol. The molecule has 2 heteroatoms. The highest BCUT2D eigenvalue weighted by Gasteiger charge is 2.01. The molecule has 1 aromatic carbocycles. The minimum absolute atomic E-state index is 0.127. The summed E-state index contributed by atoms with van der Waals surface area (Å²) in [6, 6.07) is 9.68. The SMILES string of the molecule is CCCCC/C=C/C/C=C\CCCCCCCC(=O)Nc1ccccc1. The summed E-state index contributed by atoms with van der Waals surface area (Å²) in [7, 11) is 0. The number of carbonyl (C=O) groups is 1. The molecule has 1 N–H and O–H groups in total. The number of hydrogen-bond donors (Lipinski definition) is 1. The van der Waals surface area contributed by atoms with E-state index in [1.807, 2.05) is 30.3 Å². The van der Waals surface area contributed by atoms with Gasteiger partial charge in [-0.25, -0.2) is 0 Å². The summed E-state index contributed by atoms with van der Waals surface area (Å²) in [5.74, 6) is 0.127. The zero-order valence-corrected chi connectivity index (χ0v) is 16.6. The lowest BCUT2D eigenvalue weighted by Gasteiger charge is -2.04. The van der Waals surface area contributed by atoms with Gasteiger partial charge in [-0.15, -0.1) is 0 Å². The van der Waals surface area contributed by atoms with Gasteiger partial charge in [0.15, 0.2) is 0 Å². The van der Waals surface area contributed by atoms with Gasteiger partial charge in [-0.05, 0) is 50.7 Å². The molecule has 1 amide bonds. The average Bonchev–Trinajstić information content (AvgIpc) is 2.65. The number of nitrogens with one attached hydrogen (secondary N) is 1. The van der Waals surface area contributed by atoms with Crippen LogP contribution in [-0.4, -0.2) is 5.91 Å². The fraction of sp³-hybridized carbons (Fsp3) is 0.542. The van der Waals surface area contributed by atoms with Gasteiger partial charge in [0.1, 0.15) is 0 Å². The van der Waals surface area contributed by atoms with Crippen molar-refractivity contribution in [3.05, 3.63) is 54.6 Å². The Balaban J connectivity index is 1.87. The predicted molar refractivity (Wildman–Crippen MR) is 114 cm³/mol. The van der Waals surface area contributed by atoms with Crippen molar-refractivity contribution >= 4 is 11.6 Å². The highest BCUT2D eigenvalue weighted by molar-refractivity contribution is 5.90. The molecule has 0 aromatic heterocycles. The molecule has 0 radical (unpaired) electrons. The molecule has 144 valence electrons. The molecule has 1 aromatic rings. The fourth-order valence-electron chi connectivity index (χ4n) is 2.84. The first-order valence-corrected chi connectivity index (χ1v) is 10.5. The van der Waals surface area contributed by atoms with Gasteiger partial charge in [-0.3, -0.25) is 4.79 Å². The summed E-state index contributed by atoms with van der Waals surface area (Å²) < 4.78 is 0. The van der Waals surface area contributed by atoms with Crippen molar-refractivity contribution in [1.82, 2.24) is 0 Å². The Labute approximate surface area is 160 Å². The molecule has 0 saturated heterocycles. The van der Waals surface area contributed by atoms with Crippen LogP contribution in [0.25, 0.3) is 0 Å². The monoisotopic (exact) mass is 355 g/mol. The molecule has 2 nitrogen and oxygen atoms in total. The van der Waals surface area contributed by atoms with E-state index >= 15 is 0 Å². The molecule has 0 aliphatic rings. The van der Waals surface area contributed by atoms with Crippen LogP contribution in [-0.2, 0) is 4.79 Å². The van der Waals surface area contributed by atoms with E-state index in [0.29, 0.717) is 6.42 Å². The number of amides is 1. The number of anilines is 1. The van der Waals surface area contributed by atoms with Crippen LogP contribution in [0.5, 0.6) is 0 Å². The number of allylic oxidation sites excluding steroid dienone is 4. The van der Waals surface area contributed by atoms with Gasteiger partial charge >= 0.3 is 0 Å². The lowest BCUT2D eigenvalue weighted by atomic mass is 10.1. The summed E-state index contributed by atoms with van der Waals surface area (Å²) in [5.41, 5.74) is 0.889. The summed E-state index contributed by atoms with van der Waals surface area (Å²) in [6.07, 6.45) is 23.1. The first-order valence-electron chi connectivity index (χ1n) is 10.5. The second-order valence-corrected chi connectivity index (χ2v) is 6.89. The van der Waals surface area contributed by atoms with E-state index in [1.54, 1.807) is 0 Å². The van der Waals surface area contributed by atoms with Gasteiger partial charge in [0, 0.05) is 12.1 Å². The van der Waals surface area contributed by atoms with Gasteiger partial charge in [0.2, 0.25) is 5.91 Å². The second-order valence-electron chi connectivity index (χ2n) is 6.89. The van der Waals surface area contributed by atoms with Crippen LogP contribution in [0, 0.1) is 0 Å². The van der Waals surface area contributed by atoms with Crippen LogP contribution >= 0.6 is 0 Å². The molecular formula is C24H37NO. The summed E-state index contributed by atoms with van der Waals surface area (Å²) >= 11 is 0. The van der Waals surface area contributed by atoms with Gasteiger partial charge in [-0.1, -0.05) is 81.5 Å². The minimum Gasteiger partial charge on any atom is -0.326 e. The summed E-state index contributed by atoms with van der Waals surface area (Å²) in [6.45, 7) is 2.25. The van der Waals surface area contributed by atoms with Gasteiger partial charge < -0.3 is 5.32 Å². The van der Waals surface area contributed by atoms with Crippen LogP contribution in [0.3, 0.4) is 0 Å². The normalized spacial score (nSPS) is 11.4. The second kappa shape index (κ2) is 16.6. The third-order valence-corrected chi connectivity index (χ3v) is 4.41. The van der Waals surface area contributed by atoms with Crippen molar-refractivity contribution in [3.8, 4) is 0 Å². The van der Waals surface area contributed by atoms with E-state index in [9.17, 15) is 4.79 Å². The Morgan fingerprint density at radius 2 is 1.42 bits per heavy atom. The zero-order valence-electron chi connectivity index (χ0n) is 16.6. The Hall–Kier alpha value is -1.83.